The number of hydrogen-bond donors (Lipinski definition) is 1. The highest BCUT2D eigenvalue weighted by Crippen LogP contribution is 2.19. The first-order valence-electron chi connectivity index (χ1n) is 5.26. The van der Waals surface area contributed by atoms with E-state index in [0.717, 1.165) is 11.3 Å². The number of likely N-dealkylation sites (N-methyl/N-ethyl adjacent to an activating group) is 1. The Morgan fingerprint density at radius 3 is 2.31 bits per heavy atom. The van der Waals surface area contributed by atoms with Gasteiger partial charge in [-0.3, -0.25) is 4.79 Å². The summed E-state index contributed by atoms with van der Waals surface area (Å²) in [5.74, 6) is -0.459. The molecule has 16 heavy (non-hydrogen) atoms. The van der Waals surface area contributed by atoms with Crippen molar-refractivity contribution in [3.05, 3.63) is 0 Å². The van der Waals surface area contributed by atoms with Gasteiger partial charge in [-0.05, 0) is 5.92 Å². The number of halogens is 3. The molecule has 0 bridgehead atoms. The monoisotopic (exact) mass is 240 g/mol. The van der Waals surface area contributed by atoms with Gasteiger partial charge in [0.25, 0.3) is 0 Å². The van der Waals surface area contributed by atoms with Gasteiger partial charge in [-0.15, -0.1) is 0 Å². The molecule has 0 aliphatic heterocycles. The van der Waals surface area contributed by atoms with E-state index in [4.69, 9.17) is 5.73 Å². The summed E-state index contributed by atoms with van der Waals surface area (Å²) in [7, 11) is 1.34. The highest BCUT2D eigenvalue weighted by Gasteiger charge is 2.29. The van der Waals surface area contributed by atoms with Gasteiger partial charge in [0.05, 0.1) is 12.5 Å². The van der Waals surface area contributed by atoms with Crippen LogP contribution in [-0.4, -0.2) is 36.6 Å². The van der Waals surface area contributed by atoms with Crippen molar-refractivity contribution in [2.45, 2.75) is 38.9 Å². The van der Waals surface area contributed by atoms with Crippen LogP contribution in [0.25, 0.3) is 0 Å². The SMILES string of the molecule is CCC(C)C(N)C(=O)N(C)CCC(F)(F)F. The molecule has 0 aromatic carbocycles. The van der Waals surface area contributed by atoms with E-state index in [2.05, 4.69) is 0 Å². The van der Waals surface area contributed by atoms with Crippen LogP contribution in [0.4, 0.5) is 13.2 Å². The molecular weight excluding hydrogens is 221 g/mol. The van der Waals surface area contributed by atoms with E-state index >= 15 is 0 Å². The maximum absolute atomic E-state index is 11.9. The molecule has 2 atom stereocenters. The first-order chi connectivity index (χ1) is 7.19. The quantitative estimate of drug-likeness (QED) is 0.796. The lowest BCUT2D eigenvalue weighted by molar-refractivity contribution is -0.145. The Labute approximate surface area is 93.8 Å². The molecule has 6 heteroatoms. The zero-order chi connectivity index (χ0) is 12.9. The molecular formula is C10H19F3N2O. The summed E-state index contributed by atoms with van der Waals surface area (Å²) < 4.78 is 35.8. The van der Waals surface area contributed by atoms with Crippen LogP contribution in [0.3, 0.4) is 0 Å². The van der Waals surface area contributed by atoms with E-state index in [9.17, 15) is 18.0 Å². The molecule has 0 aliphatic carbocycles. The van der Waals surface area contributed by atoms with Crippen molar-refractivity contribution in [1.29, 1.82) is 0 Å². The van der Waals surface area contributed by atoms with E-state index in [1.807, 2.05) is 6.92 Å². The van der Waals surface area contributed by atoms with Crippen molar-refractivity contribution in [1.82, 2.24) is 4.90 Å². The summed E-state index contributed by atoms with van der Waals surface area (Å²) in [5, 5.41) is 0. The van der Waals surface area contributed by atoms with E-state index in [1.54, 1.807) is 6.92 Å². The maximum Gasteiger partial charge on any atom is 0.390 e. The Kier molecular flexibility index (Phi) is 5.78. The summed E-state index contributed by atoms with van der Waals surface area (Å²) >= 11 is 0. The molecule has 2 unspecified atom stereocenters. The summed E-state index contributed by atoms with van der Waals surface area (Å²) in [6, 6.07) is -0.719. The van der Waals surface area contributed by atoms with Crippen LogP contribution >= 0.6 is 0 Å². The lowest BCUT2D eigenvalue weighted by atomic mass is 9.99. The van der Waals surface area contributed by atoms with Gasteiger partial charge in [-0.1, -0.05) is 20.3 Å². The first-order valence-corrected chi connectivity index (χ1v) is 5.26. The Bertz CT molecular complexity index is 231. The Morgan fingerprint density at radius 1 is 1.44 bits per heavy atom. The van der Waals surface area contributed by atoms with E-state index in [-0.39, 0.29) is 12.5 Å². The van der Waals surface area contributed by atoms with Crippen LogP contribution in [-0.2, 0) is 4.79 Å². The zero-order valence-corrected chi connectivity index (χ0v) is 9.84. The largest absolute Gasteiger partial charge is 0.390 e. The number of rotatable bonds is 5. The number of nitrogens with two attached hydrogens (primary N) is 1. The van der Waals surface area contributed by atoms with Crippen molar-refractivity contribution in [2.75, 3.05) is 13.6 Å². The van der Waals surface area contributed by atoms with E-state index in [0.29, 0.717) is 0 Å². The standard InChI is InChI=1S/C10H19F3N2O/c1-4-7(2)8(14)9(16)15(3)6-5-10(11,12)13/h7-8H,4-6,14H2,1-3H3. The normalized spacial score (nSPS) is 15.7. The average Bonchev–Trinajstić information content (AvgIpc) is 2.21. The molecule has 0 spiro atoms. The maximum atomic E-state index is 11.9. The van der Waals surface area contributed by atoms with Gasteiger partial charge >= 0.3 is 6.18 Å². The Hall–Kier alpha value is -0.780. The smallest absolute Gasteiger partial charge is 0.344 e. The minimum Gasteiger partial charge on any atom is -0.344 e. The minimum absolute atomic E-state index is 0.0270. The van der Waals surface area contributed by atoms with Crippen LogP contribution in [0, 0.1) is 5.92 Å². The molecule has 96 valence electrons. The first kappa shape index (κ1) is 15.2. The minimum atomic E-state index is -4.24. The summed E-state index contributed by atoms with van der Waals surface area (Å²) in [5.41, 5.74) is 5.64. The highest BCUT2D eigenvalue weighted by atomic mass is 19.4. The van der Waals surface area contributed by atoms with Crippen LogP contribution < -0.4 is 5.73 Å². The molecule has 1 amide bonds. The molecule has 0 fully saturated rings. The van der Waals surface area contributed by atoms with Crippen molar-refractivity contribution in [2.24, 2.45) is 11.7 Å². The second-order valence-electron chi connectivity index (χ2n) is 4.04. The topological polar surface area (TPSA) is 46.3 Å². The van der Waals surface area contributed by atoms with E-state index in [1.165, 1.54) is 7.05 Å². The molecule has 0 radical (unpaired) electrons. The van der Waals surface area contributed by atoms with Gasteiger partial charge in [0.1, 0.15) is 0 Å². The summed E-state index contributed by atoms with van der Waals surface area (Å²) in [4.78, 5) is 12.6. The zero-order valence-electron chi connectivity index (χ0n) is 9.84. The summed E-state index contributed by atoms with van der Waals surface area (Å²) in [6.45, 7) is 3.35. The third kappa shape index (κ3) is 5.34. The summed E-state index contributed by atoms with van der Waals surface area (Å²) in [6.07, 6.45) is -4.52. The van der Waals surface area contributed by atoms with Gasteiger partial charge in [0.2, 0.25) is 5.91 Å². The lowest BCUT2D eigenvalue weighted by Crippen LogP contribution is -2.46. The number of amides is 1. The molecule has 0 heterocycles. The van der Waals surface area contributed by atoms with Crippen molar-refractivity contribution in [3.8, 4) is 0 Å². The number of carbonyl (C=O) groups excluding carboxylic acids is 1. The Morgan fingerprint density at radius 2 is 1.94 bits per heavy atom. The fourth-order valence-corrected chi connectivity index (χ4v) is 1.16. The van der Waals surface area contributed by atoms with Gasteiger partial charge in [0.15, 0.2) is 0 Å². The molecule has 2 N–H and O–H groups in total. The fraction of sp³-hybridized carbons (Fsp3) is 0.900. The molecule has 0 saturated heterocycles. The third-order valence-corrected chi connectivity index (χ3v) is 2.65. The van der Waals surface area contributed by atoms with Crippen LogP contribution in [0.5, 0.6) is 0 Å². The van der Waals surface area contributed by atoms with Crippen molar-refractivity contribution in [3.63, 3.8) is 0 Å². The molecule has 0 rings (SSSR count). The lowest BCUT2D eigenvalue weighted by Gasteiger charge is -2.24. The van der Waals surface area contributed by atoms with Crippen molar-refractivity contribution < 1.29 is 18.0 Å². The highest BCUT2D eigenvalue weighted by molar-refractivity contribution is 5.81. The predicted octanol–water partition coefficient (Wildman–Crippen LogP) is 1.77. The van der Waals surface area contributed by atoms with Gasteiger partial charge in [0, 0.05) is 13.6 Å². The molecule has 3 nitrogen and oxygen atoms in total. The van der Waals surface area contributed by atoms with Gasteiger partial charge in [-0.2, -0.15) is 13.2 Å². The van der Waals surface area contributed by atoms with Gasteiger partial charge < -0.3 is 10.6 Å². The van der Waals surface area contributed by atoms with Crippen LogP contribution in [0.15, 0.2) is 0 Å². The molecule has 0 aromatic heterocycles. The Balaban J connectivity index is 4.18. The van der Waals surface area contributed by atoms with Crippen molar-refractivity contribution >= 4 is 5.91 Å². The average molecular weight is 240 g/mol. The van der Waals surface area contributed by atoms with E-state index < -0.39 is 24.5 Å². The molecule has 0 aromatic rings. The van der Waals surface area contributed by atoms with Crippen LogP contribution in [0.1, 0.15) is 26.7 Å². The number of hydrogen-bond acceptors (Lipinski definition) is 2. The number of nitrogens with zero attached hydrogens (tertiary/aromatic N) is 1. The number of carbonyl (C=O) groups is 1. The van der Waals surface area contributed by atoms with Crippen LogP contribution in [0.2, 0.25) is 0 Å². The second-order valence-corrected chi connectivity index (χ2v) is 4.04. The molecule has 0 saturated carbocycles. The number of alkyl halides is 3. The van der Waals surface area contributed by atoms with Gasteiger partial charge in [-0.25, -0.2) is 0 Å². The predicted molar refractivity (Wildman–Crippen MR) is 55.7 cm³/mol. The molecule has 0 aliphatic rings. The third-order valence-electron chi connectivity index (χ3n) is 2.65. The fourth-order valence-electron chi connectivity index (χ4n) is 1.16. The second kappa shape index (κ2) is 6.08.